The van der Waals surface area contributed by atoms with Crippen LogP contribution in [0.15, 0.2) is 35.0 Å². The van der Waals surface area contributed by atoms with E-state index in [9.17, 15) is 9.18 Å². The molecule has 1 amide bonds. The van der Waals surface area contributed by atoms with E-state index in [1.165, 1.54) is 0 Å². The highest BCUT2D eigenvalue weighted by atomic mass is 19.1. The highest BCUT2D eigenvalue weighted by Gasteiger charge is 2.43. The number of aromatic nitrogens is 4. The van der Waals surface area contributed by atoms with E-state index < -0.39 is 12.1 Å². The van der Waals surface area contributed by atoms with Gasteiger partial charge in [-0.3, -0.25) is 9.78 Å². The number of anilines is 2. The molecule has 4 aromatic rings. The third kappa shape index (κ3) is 3.66. The summed E-state index contributed by atoms with van der Waals surface area (Å²) in [6.07, 6.45) is 2.53. The van der Waals surface area contributed by atoms with Gasteiger partial charge in [-0.2, -0.15) is 4.98 Å². The maximum atomic E-state index is 13.2. The van der Waals surface area contributed by atoms with Gasteiger partial charge in [0.15, 0.2) is 5.58 Å². The quantitative estimate of drug-likeness (QED) is 0.507. The van der Waals surface area contributed by atoms with Gasteiger partial charge in [-0.05, 0) is 31.5 Å². The Labute approximate surface area is 188 Å². The van der Waals surface area contributed by atoms with Crippen molar-refractivity contribution in [1.29, 1.82) is 0 Å². The molecular weight excluding hydrogens is 427 g/mol. The maximum Gasteiger partial charge on any atom is 0.231 e. The van der Waals surface area contributed by atoms with Gasteiger partial charge in [0, 0.05) is 41.9 Å². The molecule has 1 N–H and O–H groups in total. The molecule has 1 aliphatic heterocycles. The summed E-state index contributed by atoms with van der Waals surface area (Å²) in [4.78, 5) is 32.4. The summed E-state index contributed by atoms with van der Waals surface area (Å²) in [6.45, 7) is 4.78. The molecule has 1 saturated heterocycles. The average molecular weight is 448 g/mol. The van der Waals surface area contributed by atoms with Gasteiger partial charge in [-0.1, -0.05) is 0 Å². The van der Waals surface area contributed by atoms with E-state index in [0.29, 0.717) is 41.7 Å². The number of nitrogens with zero attached hydrogens (tertiary/aromatic N) is 5. The summed E-state index contributed by atoms with van der Waals surface area (Å²) >= 11 is 0. The Hall–Kier alpha value is -3.66. The van der Waals surface area contributed by atoms with Crippen LogP contribution in [-0.2, 0) is 9.53 Å². The fourth-order valence-corrected chi connectivity index (χ4v) is 4.05. The van der Waals surface area contributed by atoms with Gasteiger partial charge >= 0.3 is 0 Å². The van der Waals surface area contributed by atoms with Crippen molar-refractivity contribution in [2.24, 2.45) is 5.92 Å². The van der Waals surface area contributed by atoms with E-state index in [1.807, 2.05) is 19.1 Å². The Balaban J connectivity index is 1.38. The zero-order valence-electron chi connectivity index (χ0n) is 17.9. The monoisotopic (exact) mass is 448 g/mol. The van der Waals surface area contributed by atoms with E-state index in [0.717, 1.165) is 35.4 Å². The minimum atomic E-state index is -1.07. The Morgan fingerprint density at radius 1 is 1.15 bits per heavy atom. The van der Waals surface area contributed by atoms with Crippen LogP contribution in [0.4, 0.5) is 16.0 Å². The molecule has 2 aliphatic rings. The Kier molecular flexibility index (Phi) is 4.68. The molecule has 6 rings (SSSR count). The summed E-state index contributed by atoms with van der Waals surface area (Å²) in [6, 6.07) is 5.53. The van der Waals surface area contributed by atoms with Gasteiger partial charge in [0.05, 0.1) is 24.7 Å². The van der Waals surface area contributed by atoms with Crippen LogP contribution in [0.3, 0.4) is 0 Å². The number of nitrogens with one attached hydrogen (secondary N) is 1. The second-order valence-corrected chi connectivity index (χ2v) is 8.33. The number of carbonyl (C=O) groups excluding carboxylic acids is 1. The number of rotatable bonds is 4. The lowest BCUT2D eigenvalue weighted by Gasteiger charge is -2.27. The molecule has 9 nitrogen and oxygen atoms in total. The third-order valence-corrected chi connectivity index (χ3v) is 6.08. The molecule has 0 bridgehead atoms. The van der Waals surface area contributed by atoms with Gasteiger partial charge < -0.3 is 19.4 Å². The van der Waals surface area contributed by atoms with Crippen LogP contribution in [0.5, 0.6) is 0 Å². The number of alkyl halides is 1. The number of morpholine rings is 1. The van der Waals surface area contributed by atoms with Gasteiger partial charge in [0.25, 0.3) is 0 Å². The number of carbonyl (C=O) groups is 1. The van der Waals surface area contributed by atoms with Gasteiger partial charge in [-0.25, -0.2) is 14.4 Å². The molecule has 4 aromatic heterocycles. The molecule has 0 unspecified atom stereocenters. The Bertz CT molecular complexity index is 1380. The molecular formula is C23H21FN6O3. The van der Waals surface area contributed by atoms with Crippen LogP contribution in [0.25, 0.3) is 33.5 Å². The molecule has 2 fully saturated rings. The fourth-order valence-electron chi connectivity index (χ4n) is 4.05. The lowest BCUT2D eigenvalue weighted by atomic mass is 10.1. The number of amides is 1. The predicted molar refractivity (Wildman–Crippen MR) is 120 cm³/mol. The highest BCUT2D eigenvalue weighted by Crippen LogP contribution is 2.36. The van der Waals surface area contributed by atoms with Gasteiger partial charge in [-0.15, -0.1) is 0 Å². The minimum Gasteiger partial charge on any atom is -0.434 e. The maximum absolute atomic E-state index is 13.2. The van der Waals surface area contributed by atoms with Crippen LogP contribution in [0.2, 0.25) is 0 Å². The summed E-state index contributed by atoms with van der Waals surface area (Å²) in [7, 11) is 0. The molecule has 168 valence electrons. The second kappa shape index (κ2) is 7.73. The van der Waals surface area contributed by atoms with Crippen LogP contribution >= 0.6 is 0 Å². The van der Waals surface area contributed by atoms with Crippen molar-refractivity contribution in [2.45, 2.75) is 19.5 Å². The SMILES string of the molecule is Cc1ncc(-c2nc3nc(N4CCOCC4)ccc3o2)c2cc(NC(=O)[C@H]3C[C@H]3F)ncc12. The van der Waals surface area contributed by atoms with E-state index >= 15 is 0 Å². The number of hydrogen-bond donors (Lipinski definition) is 1. The number of fused-ring (bicyclic) bond motifs is 2. The van der Waals surface area contributed by atoms with Crippen LogP contribution in [0, 0.1) is 12.8 Å². The topological polar surface area (TPSA) is 106 Å². The van der Waals surface area contributed by atoms with E-state index in [2.05, 4.69) is 30.2 Å². The smallest absolute Gasteiger partial charge is 0.231 e. The lowest BCUT2D eigenvalue weighted by Crippen LogP contribution is -2.36. The predicted octanol–water partition coefficient (Wildman–Crippen LogP) is 3.27. The molecule has 0 radical (unpaired) electrons. The zero-order chi connectivity index (χ0) is 22.5. The zero-order valence-corrected chi connectivity index (χ0v) is 17.9. The molecule has 33 heavy (non-hydrogen) atoms. The molecule has 10 heteroatoms. The number of aryl methyl sites for hydroxylation is 1. The third-order valence-electron chi connectivity index (χ3n) is 6.08. The average Bonchev–Trinajstić information content (AvgIpc) is 3.42. The summed E-state index contributed by atoms with van der Waals surface area (Å²) < 4.78 is 24.7. The summed E-state index contributed by atoms with van der Waals surface area (Å²) in [5, 5.41) is 4.29. The van der Waals surface area contributed by atoms with Crippen LogP contribution in [0.1, 0.15) is 12.1 Å². The first-order valence-corrected chi connectivity index (χ1v) is 10.9. The van der Waals surface area contributed by atoms with E-state index in [1.54, 1.807) is 18.5 Å². The largest absolute Gasteiger partial charge is 0.434 e. The van der Waals surface area contributed by atoms with Crippen molar-refractivity contribution in [2.75, 3.05) is 36.5 Å². The molecule has 5 heterocycles. The first-order chi connectivity index (χ1) is 16.1. The summed E-state index contributed by atoms with van der Waals surface area (Å²) in [5.41, 5.74) is 2.53. The van der Waals surface area contributed by atoms with E-state index in [-0.39, 0.29) is 12.3 Å². The number of oxazole rings is 1. The van der Waals surface area contributed by atoms with Crippen molar-refractivity contribution in [3.05, 3.63) is 36.3 Å². The molecule has 2 atom stereocenters. The minimum absolute atomic E-state index is 0.260. The number of halogens is 1. The van der Waals surface area contributed by atoms with Crippen LogP contribution in [-0.4, -0.2) is 58.3 Å². The number of pyridine rings is 3. The first kappa shape index (κ1) is 20.0. The first-order valence-electron chi connectivity index (χ1n) is 10.9. The highest BCUT2D eigenvalue weighted by molar-refractivity contribution is 6.00. The standard InChI is InChI=1S/C23H21FN6O3/c1-12-15-10-26-19(27-22(31)14-8-17(14)24)9-13(15)16(11-25-12)23-29-21-18(33-23)2-3-20(28-21)30-4-6-32-7-5-30/h2-3,9-11,14,17H,4-8H2,1H3,(H,26,27,31)/t14-,17+/m0/s1. The van der Waals surface area contributed by atoms with Gasteiger partial charge in [0.1, 0.15) is 17.8 Å². The summed E-state index contributed by atoms with van der Waals surface area (Å²) in [5.74, 6) is 0.609. The van der Waals surface area contributed by atoms with Crippen molar-refractivity contribution in [1.82, 2.24) is 19.9 Å². The van der Waals surface area contributed by atoms with E-state index in [4.69, 9.17) is 9.15 Å². The molecule has 0 aromatic carbocycles. The second-order valence-electron chi connectivity index (χ2n) is 8.33. The lowest BCUT2D eigenvalue weighted by molar-refractivity contribution is -0.117. The van der Waals surface area contributed by atoms with Crippen molar-refractivity contribution in [3.63, 3.8) is 0 Å². The van der Waals surface area contributed by atoms with Crippen LogP contribution < -0.4 is 10.2 Å². The normalized spacial score (nSPS) is 20.4. The van der Waals surface area contributed by atoms with Crippen molar-refractivity contribution in [3.8, 4) is 11.5 Å². The Morgan fingerprint density at radius 2 is 1.97 bits per heavy atom. The Morgan fingerprint density at radius 3 is 2.76 bits per heavy atom. The number of ether oxygens (including phenoxy) is 1. The number of hydrogen-bond acceptors (Lipinski definition) is 8. The molecule has 0 spiro atoms. The van der Waals surface area contributed by atoms with Crippen molar-refractivity contribution >= 4 is 39.5 Å². The molecule has 1 saturated carbocycles. The fraction of sp³-hybridized carbons (Fsp3) is 0.348. The molecule has 1 aliphatic carbocycles. The van der Waals surface area contributed by atoms with Crippen molar-refractivity contribution < 1.29 is 18.3 Å². The van der Waals surface area contributed by atoms with Gasteiger partial charge in [0.2, 0.25) is 17.4 Å².